The standard InChI is InChI=1S/C29H35N3O4S/c1-4-19-30-29(34)27(20-24-11-7-5-8-12-24)31(21-25-17-15-23(2)16-18-25)28(33)22-32(37(3,35)36)26-13-9-6-10-14-26/h5-18,27H,4,19-22H2,1-3H3,(H,30,34). The first kappa shape index (κ1) is 27.9. The van der Waals surface area contributed by atoms with Gasteiger partial charge in [-0.1, -0.05) is 85.3 Å². The predicted octanol–water partition coefficient (Wildman–Crippen LogP) is 3.93. The first-order valence-corrected chi connectivity index (χ1v) is 14.2. The van der Waals surface area contributed by atoms with Gasteiger partial charge in [-0.15, -0.1) is 0 Å². The number of carbonyl (C=O) groups excluding carboxylic acids is 2. The summed E-state index contributed by atoms with van der Waals surface area (Å²) < 4.78 is 26.5. The monoisotopic (exact) mass is 521 g/mol. The maximum atomic E-state index is 13.9. The van der Waals surface area contributed by atoms with Crippen molar-refractivity contribution in [1.82, 2.24) is 10.2 Å². The highest BCUT2D eigenvalue weighted by Crippen LogP contribution is 2.20. The lowest BCUT2D eigenvalue weighted by Gasteiger charge is -2.33. The summed E-state index contributed by atoms with van der Waals surface area (Å²) in [5.41, 5.74) is 3.23. The Morgan fingerprint density at radius 2 is 1.46 bits per heavy atom. The Morgan fingerprint density at radius 1 is 0.865 bits per heavy atom. The van der Waals surface area contributed by atoms with Crippen LogP contribution in [0.15, 0.2) is 84.9 Å². The van der Waals surface area contributed by atoms with Crippen LogP contribution in [0.3, 0.4) is 0 Å². The fourth-order valence-electron chi connectivity index (χ4n) is 4.02. The number of para-hydroxylation sites is 1. The van der Waals surface area contributed by atoms with Gasteiger partial charge in [-0.3, -0.25) is 13.9 Å². The van der Waals surface area contributed by atoms with E-state index in [1.807, 2.05) is 68.4 Å². The van der Waals surface area contributed by atoms with Gasteiger partial charge >= 0.3 is 0 Å². The third-order valence-corrected chi connectivity index (χ3v) is 7.16. The molecule has 196 valence electrons. The van der Waals surface area contributed by atoms with Crippen LogP contribution in [-0.4, -0.2) is 50.5 Å². The van der Waals surface area contributed by atoms with E-state index < -0.39 is 28.5 Å². The van der Waals surface area contributed by atoms with Crippen molar-refractivity contribution in [2.45, 2.75) is 39.3 Å². The van der Waals surface area contributed by atoms with Crippen molar-refractivity contribution in [1.29, 1.82) is 0 Å². The second kappa shape index (κ2) is 13.1. The molecular formula is C29H35N3O4S. The number of amides is 2. The molecule has 0 fully saturated rings. The van der Waals surface area contributed by atoms with Gasteiger partial charge < -0.3 is 10.2 Å². The lowest BCUT2D eigenvalue weighted by Crippen LogP contribution is -2.53. The van der Waals surface area contributed by atoms with Gasteiger partial charge in [0, 0.05) is 19.5 Å². The van der Waals surface area contributed by atoms with Crippen LogP contribution in [0.2, 0.25) is 0 Å². The number of rotatable bonds is 12. The molecule has 1 unspecified atom stereocenters. The zero-order valence-electron chi connectivity index (χ0n) is 21.6. The highest BCUT2D eigenvalue weighted by molar-refractivity contribution is 7.92. The van der Waals surface area contributed by atoms with E-state index in [1.165, 1.54) is 4.90 Å². The number of hydrogen-bond acceptors (Lipinski definition) is 4. The van der Waals surface area contributed by atoms with Gasteiger partial charge in [-0.25, -0.2) is 8.42 Å². The molecule has 0 heterocycles. The van der Waals surface area contributed by atoms with Gasteiger partial charge in [0.15, 0.2) is 0 Å². The van der Waals surface area contributed by atoms with E-state index in [0.29, 0.717) is 18.7 Å². The van der Waals surface area contributed by atoms with Crippen molar-refractivity contribution in [2.24, 2.45) is 0 Å². The number of sulfonamides is 1. The zero-order chi connectivity index (χ0) is 26.8. The second-order valence-electron chi connectivity index (χ2n) is 9.11. The molecule has 0 aliphatic heterocycles. The third-order valence-electron chi connectivity index (χ3n) is 6.02. The Hall–Kier alpha value is -3.65. The number of carbonyl (C=O) groups is 2. The summed E-state index contributed by atoms with van der Waals surface area (Å²) in [6, 6.07) is 25.0. The van der Waals surface area contributed by atoms with Crippen LogP contribution in [-0.2, 0) is 32.6 Å². The number of nitrogens with zero attached hydrogens (tertiary/aromatic N) is 2. The molecule has 7 nitrogen and oxygen atoms in total. The molecule has 0 aromatic heterocycles. The Labute approximate surface area is 220 Å². The molecule has 0 saturated heterocycles. The Balaban J connectivity index is 2.01. The van der Waals surface area contributed by atoms with E-state index in [1.54, 1.807) is 30.3 Å². The second-order valence-corrected chi connectivity index (χ2v) is 11.0. The molecular weight excluding hydrogens is 486 g/mol. The average molecular weight is 522 g/mol. The molecule has 0 spiro atoms. The number of benzene rings is 3. The largest absolute Gasteiger partial charge is 0.354 e. The van der Waals surface area contributed by atoms with Gasteiger partial charge in [0.05, 0.1) is 11.9 Å². The van der Waals surface area contributed by atoms with Crippen LogP contribution in [0.5, 0.6) is 0 Å². The predicted molar refractivity (Wildman–Crippen MR) is 148 cm³/mol. The van der Waals surface area contributed by atoms with Gasteiger partial charge in [0.1, 0.15) is 12.6 Å². The Bertz CT molecular complexity index is 1260. The number of anilines is 1. The van der Waals surface area contributed by atoms with Crippen molar-refractivity contribution in [3.8, 4) is 0 Å². The minimum atomic E-state index is -3.76. The number of nitrogens with one attached hydrogen (secondary N) is 1. The van der Waals surface area contributed by atoms with Crippen LogP contribution in [0.4, 0.5) is 5.69 Å². The molecule has 2 amide bonds. The van der Waals surface area contributed by atoms with Crippen molar-refractivity contribution < 1.29 is 18.0 Å². The molecule has 1 N–H and O–H groups in total. The van der Waals surface area contributed by atoms with Crippen molar-refractivity contribution in [2.75, 3.05) is 23.7 Å². The molecule has 8 heteroatoms. The van der Waals surface area contributed by atoms with E-state index in [0.717, 1.165) is 33.7 Å². The molecule has 3 rings (SSSR count). The Kier molecular flexibility index (Phi) is 9.85. The van der Waals surface area contributed by atoms with Crippen molar-refractivity contribution in [3.63, 3.8) is 0 Å². The van der Waals surface area contributed by atoms with E-state index >= 15 is 0 Å². The van der Waals surface area contributed by atoms with Gasteiger partial charge in [-0.05, 0) is 36.6 Å². The molecule has 0 saturated carbocycles. The molecule has 3 aromatic carbocycles. The molecule has 37 heavy (non-hydrogen) atoms. The van der Waals surface area contributed by atoms with Crippen LogP contribution in [0.1, 0.15) is 30.0 Å². The van der Waals surface area contributed by atoms with Gasteiger partial charge in [0.2, 0.25) is 21.8 Å². The van der Waals surface area contributed by atoms with Crippen LogP contribution in [0.25, 0.3) is 0 Å². The lowest BCUT2D eigenvalue weighted by atomic mass is 10.0. The Morgan fingerprint density at radius 3 is 2.03 bits per heavy atom. The fourth-order valence-corrected chi connectivity index (χ4v) is 4.87. The summed E-state index contributed by atoms with van der Waals surface area (Å²) in [6.07, 6.45) is 2.14. The normalized spacial score (nSPS) is 12.0. The maximum Gasteiger partial charge on any atom is 0.244 e. The van der Waals surface area contributed by atoms with Crippen LogP contribution in [0, 0.1) is 6.92 Å². The zero-order valence-corrected chi connectivity index (χ0v) is 22.4. The van der Waals surface area contributed by atoms with E-state index in [-0.39, 0.29) is 12.5 Å². The minimum absolute atomic E-state index is 0.169. The molecule has 0 radical (unpaired) electrons. The number of aryl methyl sites for hydroxylation is 1. The molecule has 0 aliphatic rings. The summed E-state index contributed by atoms with van der Waals surface area (Å²) in [6.45, 7) is 4.18. The van der Waals surface area contributed by atoms with E-state index in [4.69, 9.17) is 0 Å². The quantitative estimate of drug-likeness (QED) is 0.391. The SMILES string of the molecule is CCCNC(=O)C(Cc1ccccc1)N(Cc1ccc(C)cc1)C(=O)CN(c1ccccc1)S(C)(=O)=O. The van der Waals surface area contributed by atoms with Crippen LogP contribution < -0.4 is 9.62 Å². The van der Waals surface area contributed by atoms with Crippen molar-refractivity contribution >= 4 is 27.5 Å². The first-order valence-electron chi connectivity index (χ1n) is 12.4. The minimum Gasteiger partial charge on any atom is -0.354 e. The summed E-state index contributed by atoms with van der Waals surface area (Å²) in [5, 5.41) is 2.93. The first-order chi connectivity index (χ1) is 17.7. The van der Waals surface area contributed by atoms with E-state index in [9.17, 15) is 18.0 Å². The highest BCUT2D eigenvalue weighted by Gasteiger charge is 2.32. The summed E-state index contributed by atoms with van der Waals surface area (Å²) in [4.78, 5) is 28.8. The molecule has 0 bridgehead atoms. The molecule has 0 aliphatic carbocycles. The fraction of sp³-hybridized carbons (Fsp3) is 0.310. The topological polar surface area (TPSA) is 86.8 Å². The smallest absolute Gasteiger partial charge is 0.244 e. The summed E-state index contributed by atoms with van der Waals surface area (Å²) >= 11 is 0. The molecule has 3 aromatic rings. The van der Waals surface area contributed by atoms with E-state index in [2.05, 4.69) is 5.32 Å². The maximum absolute atomic E-state index is 13.9. The van der Waals surface area contributed by atoms with Gasteiger partial charge in [-0.2, -0.15) is 0 Å². The highest BCUT2D eigenvalue weighted by atomic mass is 32.2. The third kappa shape index (κ3) is 8.18. The average Bonchev–Trinajstić information content (AvgIpc) is 2.89. The lowest BCUT2D eigenvalue weighted by molar-refractivity contribution is -0.140. The van der Waals surface area contributed by atoms with Crippen molar-refractivity contribution in [3.05, 3.63) is 102 Å². The summed E-state index contributed by atoms with van der Waals surface area (Å²) in [7, 11) is -3.76. The van der Waals surface area contributed by atoms with Crippen LogP contribution >= 0.6 is 0 Å². The molecule has 1 atom stereocenters. The summed E-state index contributed by atoms with van der Waals surface area (Å²) in [5.74, 6) is -0.723. The van der Waals surface area contributed by atoms with Gasteiger partial charge in [0.25, 0.3) is 0 Å². The number of hydrogen-bond donors (Lipinski definition) is 1.